The summed E-state index contributed by atoms with van der Waals surface area (Å²) in [6.45, 7) is 3.71. The molecule has 136 valence electrons. The summed E-state index contributed by atoms with van der Waals surface area (Å²) in [6.07, 6.45) is 4.27. The van der Waals surface area contributed by atoms with Crippen molar-refractivity contribution in [3.05, 3.63) is 23.8 Å². The average Bonchev–Trinajstić information content (AvgIpc) is 2.66. The number of likely N-dealkylation sites (tertiary alicyclic amines) is 1. The van der Waals surface area contributed by atoms with Gasteiger partial charge in [0.1, 0.15) is 13.2 Å². The Kier molecular flexibility index (Phi) is 5.79. The van der Waals surface area contributed by atoms with E-state index in [4.69, 9.17) is 14.2 Å². The molecular weight excluding hydrogens is 322 g/mol. The summed E-state index contributed by atoms with van der Waals surface area (Å²) in [4.78, 5) is 26.2. The summed E-state index contributed by atoms with van der Waals surface area (Å²) in [5.74, 6) is 0.832. The van der Waals surface area contributed by atoms with Crippen LogP contribution in [0.2, 0.25) is 0 Å². The van der Waals surface area contributed by atoms with Crippen molar-refractivity contribution in [2.75, 3.05) is 26.4 Å². The fraction of sp³-hybridized carbons (Fsp3) is 0.579. The topological polar surface area (TPSA) is 65.1 Å². The first-order valence-corrected chi connectivity index (χ1v) is 9.01. The number of ether oxygens (including phenoxy) is 3. The van der Waals surface area contributed by atoms with Crippen LogP contribution in [0.15, 0.2) is 18.2 Å². The number of rotatable bonds is 5. The molecule has 1 saturated heterocycles. The Hall–Kier alpha value is -2.24. The fourth-order valence-electron chi connectivity index (χ4n) is 3.39. The highest BCUT2D eigenvalue weighted by atomic mass is 16.6. The Balaban J connectivity index is 1.50. The van der Waals surface area contributed by atoms with Crippen molar-refractivity contribution in [1.29, 1.82) is 0 Å². The Bertz CT molecular complexity index is 630. The van der Waals surface area contributed by atoms with E-state index in [9.17, 15) is 9.59 Å². The highest BCUT2D eigenvalue weighted by molar-refractivity contribution is 5.81. The van der Waals surface area contributed by atoms with E-state index >= 15 is 0 Å². The predicted octanol–water partition coefficient (Wildman–Crippen LogP) is 2.33. The third kappa shape index (κ3) is 4.44. The molecule has 1 unspecified atom stereocenters. The van der Waals surface area contributed by atoms with Gasteiger partial charge < -0.3 is 19.1 Å². The second-order valence-corrected chi connectivity index (χ2v) is 6.46. The quantitative estimate of drug-likeness (QED) is 0.765. The van der Waals surface area contributed by atoms with Gasteiger partial charge in [-0.15, -0.1) is 0 Å². The van der Waals surface area contributed by atoms with Crippen LogP contribution in [0.3, 0.4) is 0 Å². The number of benzene rings is 1. The number of esters is 1. The van der Waals surface area contributed by atoms with Gasteiger partial charge in [0.2, 0.25) is 0 Å². The Morgan fingerprint density at radius 1 is 1.20 bits per heavy atom. The molecule has 1 aromatic rings. The highest BCUT2D eigenvalue weighted by Crippen LogP contribution is 2.30. The zero-order valence-electron chi connectivity index (χ0n) is 14.7. The van der Waals surface area contributed by atoms with E-state index in [0.29, 0.717) is 24.7 Å². The van der Waals surface area contributed by atoms with Gasteiger partial charge in [0, 0.05) is 12.6 Å². The van der Waals surface area contributed by atoms with E-state index in [1.165, 1.54) is 0 Å². The molecule has 6 nitrogen and oxygen atoms in total. The average molecular weight is 347 g/mol. The molecule has 1 fully saturated rings. The molecule has 25 heavy (non-hydrogen) atoms. The normalized spacial score (nSPS) is 19.4. The third-order valence-electron chi connectivity index (χ3n) is 4.73. The molecule has 1 atom stereocenters. The van der Waals surface area contributed by atoms with E-state index in [-0.39, 0.29) is 25.0 Å². The lowest BCUT2D eigenvalue weighted by Crippen LogP contribution is -2.45. The molecule has 1 amide bonds. The summed E-state index contributed by atoms with van der Waals surface area (Å²) < 4.78 is 16.2. The number of piperidine rings is 1. The van der Waals surface area contributed by atoms with Gasteiger partial charge in [0.25, 0.3) is 5.91 Å². The molecule has 0 radical (unpaired) electrons. The van der Waals surface area contributed by atoms with Gasteiger partial charge >= 0.3 is 5.97 Å². The van der Waals surface area contributed by atoms with Crippen molar-refractivity contribution in [3.63, 3.8) is 0 Å². The first kappa shape index (κ1) is 17.6. The van der Waals surface area contributed by atoms with Gasteiger partial charge in [0.05, 0.1) is 6.42 Å². The minimum Gasteiger partial charge on any atom is -0.486 e. The van der Waals surface area contributed by atoms with Crippen LogP contribution in [0, 0.1) is 0 Å². The van der Waals surface area contributed by atoms with Crippen LogP contribution in [0.1, 0.15) is 38.2 Å². The van der Waals surface area contributed by atoms with Crippen molar-refractivity contribution < 1.29 is 23.8 Å². The number of hydrogen-bond donors (Lipinski definition) is 0. The molecule has 3 rings (SSSR count). The first-order valence-electron chi connectivity index (χ1n) is 9.01. The van der Waals surface area contributed by atoms with E-state index in [2.05, 4.69) is 6.92 Å². The van der Waals surface area contributed by atoms with Crippen LogP contribution in [0.5, 0.6) is 11.5 Å². The number of amides is 1. The maximum atomic E-state index is 12.3. The molecule has 0 spiro atoms. The zero-order chi connectivity index (χ0) is 17.6. The summed E-state index contributed by atoms with van der Waals surface area (Å²) in [6, 6.07) is 5.67. The number of carbonyl (C=O) groups is 2. The van der Waals surface area contributed by atoms with Crippen molar-refractivity contribution in [2.45, 2.75) is 45.1 Å². The number of carbonyl (C=O) groups excluding carboxylic acids is 2. The Labute approximate surface area is 148 Å². The Morgan fingerprint density at radius 2 is 2.00 bits per heavy atom. The molecule has 2 heterocycles. The third-order valence-corrected chi connectivity index (χ3v) is 4.73. The number of fused-ring (bicyclic) bond motifs is 1. The SMILES string of the molecule is CCC1CCCCN1C(=O)COC(=O)Cc1ccc2c(c1)OCCO2. The summed E-state index contributed by atoms with van der Waals surface area (Å²) in [7, 11) is 0. The van der Waals surface area contributed by atoms with Gasteiger partial charge in [-0.1, -0.05) is 13.0 Å². The van der Waals surface area contributed by atoms with E-state index in [1.54, 1.807) is 12.1 Å². The zero-order valence-corrected chi connectivity index (χ0v) is 14.7. The van der Waals surface area contributed by atoms with Gasteiger partial charge in [-0.05, 0) is 43.4 Å². The summed E-state index contributed by atoms with van der Waals surface area (Å²) in [5.41, 5.74) is 0.783. The lowest BCUT2D eigenvalue weighted by atomic mass is 10.00. The van der Waals surface area contributed by atoms with Gasteiger partial charge in [0.15, 0.2) is 18.1 Å². The minimum atomic E-state index is -0.407. The molecule has 0 aliphatic carbocycles. The first-order chi connectivity index (χ1) is 12.2. The summed E-state index contributed by atoms with van der Waals surface area (Å²) in [5, 5.41) is 0. The maximum Gasteiger partial charge on any atom is 0.310 e. The maximum absolute atomic E-state index is 12.3. The van der Waals surface area contributed by atoms with Crippen molar-refractivity contribution in [1.82, 2.24) is 4.90 Å². The highest BCUT2D eigenvalue weighted by Gasteiger charge is 2.26. The molecular formula is C19H25NO5. The molecule has 0 saturated carbocycles. The van der Waals surface area contributed by atoms with Gasteiger partial charge in [-0.3, -0.25) is 9.59 Å². The molecule has 2 aliphatic heterocycles. The smallest absolute Gasteiger partial charge is 0.310 e. The lowest BCUT2D eigenvalue weighted by Gasteiger charge is -2.35. The molecule has 0 bridgehead atoms. The summed E-state index contributed by atoms with van der Waals surface area (Å²) >= 11 is 0. The second kappa shape index (κ2) is 8.23. The standard InChI is InChI=1S/C19H25NO5/c1-2-15-5-3-4-8-20(15)18(21)13-25-19(22)12-14-6-7-16-17(11-14)24-10-9-23-16/h6-7,11,15H,2-5,8-10,12-13H2,1H3. The fourth-order valence-corrected chi connectivity index (χ4v) is 3.39. The van der Waals surface area contributed by atoms with Crippen molar-refractivity contribution in [2.24, 2.45) is 0 Å². The van der Waals surface area contributed by atoms with E-state index in [1.807, 2.05) is 11.0 Å². The van der Waals surface area contributed by atoms with E-state index < -0.39 is 5.97 Å². The number of hydrogen-bond acceptors (Lipinski definition) is 5. The van der Waals surface area contributed by atoms with Crippen molar-refractivity contribution >= 4 is 11.9 Å². The van der Waals surface area contributed by atoms with Gasteiger partial charge in [-0.2, -0.15) is 0 Å². The van der Waals surface area contributed by atoms with Crippen LogP contribution in [-0.4, -0.2) is 49.2 Å². The predicted molar refractivity (Wildman–Crippen MR) is 91.7 cm³/mol. The van der Waals surface area contributed by atoms with Crippen LogP contribution in [-0.2, 0) is 20.7 Å². The monoisotopic (exact) mass is 347 g/mol. The molecule has 0 aromatic heterocycles. The molecule has 2 aliphatic rings. The number of nitrogens with zero attached hydrogens (tertiary/aromatic N) is 1. The molecule has 0 N–H and O–H groups in total. The second-order valence-electron chi connectivity index (χ2n) is 6.46. The molecule has 6 heteroatoms. The molecule has 1 aromatic carbocycles. The van der Waals surface area contributed by atoms with Crippen molar-refractivity contribution in [3.8, 4) is 11.5 Å². The van der Waals surface area contributed by atoms with Crippen LogP contribution in [0.25, 0.3) is 0 Å². The van der Waals surface area contributed by atoms with Crippen LogP contribution >= 0.6 is 0 Å². The lowest BCUT2D eigenvalue weighted by molar-refractivity contribution is -0.153. The van der Waals surface area contributed by atoms with E-state index in [0.717, 1.165) is 37.8 Å². The van der Waals surface area contributed by atoms with Crippen LogP contribution in [0.4, 0.5) is 0 Å². The van der Waals surface area contributed by atoms with Crippen LogP contribution < -0.4 is 9.47 Å². The van der Waals surface area contributed by atoms with Gasteiger partial charge in [-0.25, -0.2) is 0 Å². The largest absolute Gasteiger partial charge is 0.486 e. The minimum absolute atomic E-state index is 0.0953. The Morgan fingerprint density at radius 3 is 2.80 bits per heavy atom.